The minimum atomic E-state index is 0.186. The Bertz CT molecular complexity index is 167. The maximum Gasteiger partial charge on any atom is 0.213 e. The third kappa shape index (κ3) is 3.42. The molecule has 4 heteroatoms. The van der Waals surface area contributed by atoms with Crippen LogP contribution < -0.4 is 0 Å². The summed E-state index contributed by atoms with van der Waals surface area (Å²) in [6.07, 6.45) is 3.47. The Hall–Kier alpha value is 0.230. The van der Waals surface area contributed by atoms with Gasteiger partial charge in [-0.25, -0.2) is 0 Å². The van der Waals surface area contributed by atoms with Crippen molar-refractivity contribution in [2.24, 2.45) is 0 Å². The Labute approximate surface area is 84.3 Å². The monoisotopic (exact) mass is 205 g/mol. The topological polar surface area (TPSA) is 0 Å². The van der Waals surface area contributed by atoms with Crippen LogP contribution in [0.5, 0.6) is 0 Å². The van der Waals surface area contributed by atoms with E-state index in [0.29, 0.717) is 17.4 Å². The van der Waals surface area contributed by atoms with Crippen LogP contribution in [-0.4, -0.2) is 21.3 Å². The van der Waals surface area contributed by atoms with E-state index in [9.17, 15) is 0 Å². The third-order valence-corrected chi connectivity index (χ3v) is 2.66. The van der Waals surface area contributed by atoms with E-state index in [1.165, 1.54) is 0 Å². The molecule has 0 heterocycles. The molecule has 1 nitrogen and oxygen atoms in total. The second kappa shape index (κ2) is 4.98. The van der Waals surface area contributed by atoms with Gasteiger partial charge in [-0.15, -0.1) is 0 Å². The van der Waals surface area contributed by atoms with E-state index in [1.807, 2.05) is 0 Å². The standard InChI is InChI=1S/C7H11NS3/c1-3-5-8(11,6-4-2)7(9)10/h3-4H,1-2,5-6H2,(H,9,10). The van der Waals surface area contributed by atoms with E-state index in [0.717, 1.165) is 0 Å². The van der Waals surface area contributed by atoms with Crippen molar-refractivity contribution in [3.8, 4) is 0 Å². The molecule has 0 aliphatic rings. The summed E-state index contributed by atoms with van der Waals surface area (Å²) in [6, 6.07) is 0. The number of thiocarbonyl (C=S) groups is 1. The van der Waals surface area contributed by atoms with Gasteiger partial charge in [0.1, 0.15) is 0 Å². The summed E-state index contributed by atoms with van der Waals surface area (Å²) in [5.74, 6) is 0. The zero-order valence-electron chi connectivity index (χ0n) is 6.19. The summed E-state index contributed by atoms with van der Waals surface area (Å²) in [5.41, 5.74) is 0. The van der Waals surface area contributed by atoms with E-state index >= 15 is 0 Å². The highest BCUT2D eigenvalue weighted by atomic mass is 32.1. The zero-order chi connectivity index (χ0) is 8.91. The number of rotatable bonds is 4. The Balaban J connectivity index is 4.35. The maximum atomic E-state index is 5.20. The van der Waals surface area contributed by atoms with Crippen molar-refractivity contribution in [3.05, 3.63) is 25.3 Å². The van der Waals surface area contributed by atoms with E-state index in [1.54, 1.807) is 12.2 Å². The molecule has 0 fully saturated rings. The lowest BCUT2D eigenvalue weighted by atomic mass is 10.5. The Kier molecular flexibility index (Phi) is 5.08. The lowest BCUT2D eigenvalue weighted by Gasteiger charge is -2.40. The Morgan fingerprint density at radius 3 is 2.00 bits per heavy atom. The summed E-state index contributed by atoms with van der Waals surface area (Å²) in [7, 11) is 0. The van der Waals surface area contributed by atoms with E-state index < -0.39 is 0 Å². The molecule has 0 aromatic heterocycles. The minimum Gasteiger partial charge on any atom is -0.486 e. The van der Waals surface area contributed by atoms with Crippen molar-refractivity contribution >= 4 is 42.0 Å². The molecule has 0 saturated carbocycles. The highest BCUT2D eigenvalue weighted by Crippen LogP contribution is 2.09. The second-order valence-electron chi connectivity index (χ2n) is 2.11. The molecule has 0 N–H and O–H groups in total. The fourth-order valence-corrected chi connectivity index (χ4v) is 1.17. The first-order valence-corrected chi connectivity index (χ1v) is 4.32. The van der Waals surface area contributed by atoms with Gasteiger partial charge in [-0.05, 0) is 24.4 Å². The predicted octanol–water partition coefficient (Wildman–Crippen LogP) is 1.85. The van der Waals surface area contributed by atoms with Gasteiger partial charge in [-0.1, -0.05) is 25.8 Å². The molecule has 11 heavy (non-hydrogen) atoms. The quantitative estimate of drug-likeness (QED) is 0.245. The zero-order valence-corrected chi connectivity index (χ0v) is 8.72. The molecule has 0 aromatic carbocycles. The summed E-state index contributed by atoms with van der Waals surface area (Å²) < 4.78 is 0.672. The number of hydrogen-bond acceptors (Lipinski definition) is 2. The van der Waals surface area contributed by atoms with Crippen LogP contribution in [0.1, 0.15) is 0 Å². The molecule has 0 unspecified atom stereocenters. The first kappa shape index (κ1) is 11.2. The summed E-state index contributed by atoms with van der Waals surface area (Å²) in [5, 5.41) is 0. The van der Waals surface area contributed by atoms with Crippen LogP contribution in [0, 0.1) is 0 Å². The summed E-state index contributed by atoms with van der Waals surface area (Å²) in [6.45, 7) is 8.43. The SMILES string of the molecule is C=CC[N+]([S-])(CC=C)C(=S)S. The van der Waals surface area contributed by atoms with Crippen LogP contribution >= 0.6 is 24.8 Å². The molecule has 0 aromatic rings. The molecule has 0 bridgehead atoms. The summed E-state index contributed by atoms with van der Waals surface area (Å²) in [4.78, 5) is 0. The van der Waals surface area contributed by atoms with Crippen molar-refractivity contribution in [1.29, 1.82) is 0 Å². The van der Waals surface area contributed by atoms with Gasteiger partial charge in [-0.3, -0.25) is 0 Å². The number of thiol groups is 1. The Morgan fingerprint density at radius 1 is 1.45 bits per heavy atom. The molecule has 62 valence electrons. The molecular formula is C7H11NS3. The van der Waals surface area contributed by atoms with Crippen molar-refractivity contribution in [1.82, 2.24) is 0 Å². The average molecular weight is 205 g/mol. The smallest absolute Gasteiger partial charge is 0.213 e. The van der Waals surface area contributed by atoms with Crippen molar-refractivity contribution in [2.75, 3.05) is 13.1 Å². The van der Waals surface area contributed by atoms with Gasteiger partial charge in [0, 0.05) is 0 Å². The van der Waals surface area contributed by atoms with E-state index in [-0.39, 0.29) is 3.89 Å². The van der Waals surface area contributed by atoms with Gasteiger partial charge in [0.05, 0.1) is 13.1 Å². The lowest BCUT2D eigenvalue weighted by molar-refractivity contribution is -0.674. The second-order valence-corrected chi connectivity index (χ2v) is 3.93. The molecule has 0 radical (unpaired) electrons. The van der Waals surface area contributed by atoms with Crippen LogP contribution in [0.4, 0.5) is 0 Å². The van der Waals surface area contributed by atoms with Crippen LogP contribution in [0.2, 0.25) is 0 Å². The average Bonchev–Trinajstić information content (AvgIpc) is 1.88. The largest absolute Gasteiger partial charge is 0.486 e. The molecule has 0 aliphatic heterocycles. The van der Waals surface area contributed by atoms with Gasteiger partial charge in [0.2, 0.25) is 4.32 Å². The van der Waals surface area contributed by atoms with E-state index in [2.05, 4.69) is 25.8 Å². The Morgan fingerprint density at radius 2 is 1.82 bits per heavy atom. The number of quaternary nitrogens is 1. The highest BCUT2D eigenvalue weighted by Gasteiger charge is 2.13. The van der Waals surface area contributed by atoms with Crippen molar-refractivity contribution < 1.29 is 3.89 Å². The minimum absolute atomic E-state index is 0.186. The highest BCUT2D eigenvalue weighted by molar-refractivity contribution is 8.10. The van der Waals surface area contributed by atoms with Crippen LogP contribution in [0.15, 0.2) is 25.3 Å². The number of hydrogen-bond donors (Lipinski definition) is 1. The van der Waals surface area contributed by atoms with Gasteiger partial charge in [-0.2, -0.15) is 0 Å². The van der Waals surface area contributed by atoms with Crippen LogP contribution in [0.25, 0.3) is 0 Å². The molecule has 0 atom stereocenters. The van der Waals surface area contributed by atoms with Gasteiger partial charge >= 0.3 is 0 Å². The van der Waals surface area contributed by atoms with E-state index in [4.69, 9.17) is 25.0 Å². The summed E-state index contributed by atoms with van der Waals surface area (Å²) >= 11 is 14.2. The number of nitrogens with zero attached hydrogens (tertiary/aromatic N) is 1. The molecule has 0 rings (SSSR count). The fraction of sp³-hybridized carbons (Fsp3) is 0.286. The van der Waals surface area contributed by atoms with Gasteiger partial charge in [0.15, 0.2) is 0 Å². The third-order valence-electron chi connectivity index (χ3n) is 1.20. The van der Waals surface area contributed by atoms with Crippen LogP contribution in [0.3, 0.4) is 0 Å². The van der Waals surface area contributed by atoms with Crippen LogP contribution in [-0.2, 0) is 12.8 Å². The predicted molar refractivity (Wildman–Crippen MR) is 59.3 cm³/mol. The lowest BCUT2D eigenvalue weighted by Crippen LogP contribution is -2.44. The molecule has 0 saturated heterocycles. The normalized spacial score (nSPS) is 10.7. The first-order chi connectivity index (χ1) is 5.06. The fourth-order valence-electron chi connectivity index (χ4n) is 0.648. The first-order valence-electron chi connectivity index (χ1n) is 3.10. The van der Waals surface area contributed by atoms with Gasteiger partial charge in [0.25, 0.3) is 0 Å². The molecule has 0 amide bonds. The molecular weight excluding hydrogens is 194 g/mol. The van der Waals surface area contributed by atoms with Crippen molar-refractivity contribution in [2.45, 2.75) is 0 Å². The molecule has 0 spiro atoms. The van der Waals surface area contributed by atoms with Crippen molar-refractivity contribution in [3.63, 3.8) is 0 Å². The molecule has 0 aliphatic carbocycles. The van der Waals surface area contributed by atoms with Gasteiger partial charge < -0.3 is 16.7 Å². The maximum absolute atomic E-state index is 5.20.